The summed E-state index contributed by atoms with van der Waals surface area (Å²) in [5.41, 5.74) is 0.850. The van der Waals surface area contributed by atoms with Crippen molar-refractivity contribution < 1.29 is 8.42 Å². The van der Waals surface area contributed by atoms with E-state index in [1.54, 1.807) is 7.05 Å². The van der Waals surface area contributed by atoms with Crippen LogP contribution >= 0.6 is 24.0 Å². The molecule has 1 N–H and O–H groups in total. The van der Waals surface area contributed by atoms with Crippen LogP contribution in [0.5, 0.6) is 0 Å². The van der Waals surface area contributed by atoms with Crippen LogP contribution in [0.25, 0.3) is 0 Å². The fourth-order valence-electron chi connectivity index (χ4n) is 3.76. The number of hydrogen-bond acceptors (Lipinski definition) is 3. The molecular weight excluding hydrogens is 485 g/mol. The molecule has 0 bridgehead atoms. The molecule has 160 valence electrons. The highest BCUT2D eigenvalue weighted by Crippen LogP contribution is 2.28. The number of hydrogen-bond donors (Lipinski definition) is 1. The van der Waals surface area contributed by atoms with Gasteiger partial charge < -0.3 is 10.2 Å². The molecule has 7 heteroatoms. The first-order chi connectivity index (χ1) is 12.9. The molecule has 0 unspecified atom stereocenters. The molecule has 0 aliphatic heterocycles. The first-order valence-electron chi connectivity index (χ1n) is 10.1. The van der Waals surface area contributed by atoms with Gasteiger partial charge in [0.2, 0.25) is 0 Å². The number of rotatable bonds is 8. The molecule has 1 aliphatic carbocycles. The third-order valence-corrected chi connectivity index (χ3v) is 7.07. The summed E-state index contributed by atoms with van der Waals surface area (Å²) in [5.74, 6) is 2.76. The van der Waals surface area contributed by atoms with Gasteiger partial charge in [0, 0.05) is 27.2 Å². The normalized spacial score (nSPS) is 20.3. The standard InChI is InChI=1S/C21H35N3O2S.HI/c1-18-10-12-19(13-11-18)16-24(3)21(22-2)23-14-7-15-27(25,26)17-20-8-5-4-6-9-20;/h4-6,8-9,18-19H,7,10-17H2,1-3H3,(H,22,23);1H. The first kappa shape index (κ1) is 25.2. The van der Waals surface area contributed by atoms with Crippen molar-refractivity contribution in [3.05, 3.63) is 35.9 Å². The van der Waals surface area contributed by atoms with E-state index >= 15 is 0 Å². The smallest absolute Gasteiger partial charge is 0.193 e. The number of nitrogens with zero attached hydrogens (tertiary/aromatic N) is 2. The molecule has 0 amide bonds. The monoisotopic (exact) mass is 521 g/mol. The molecule has 1 fully saturated rings. The van der Waals surface area contributed by atoms with Gasteiger partial charge in [-0.3, -0.25) is 4.99 Å². The molecule has 28 heavy (non-hydrogen) atoms. The second-order valence-electron chi connectivity index (χ2n) is 7.91. The summed E-state index contributed by atoms with van der Waals surface area (Å²) in [6, 6.07) is 9.37. The van der Waals surface area contributed by atoms with Gasteiger partial charge in [-0.15, -0.1) is 24.0 Å². The number of guanidine groups is 1. The van der Waals surface area contributed by atoms with Crippen molar-refractivity contribution in [2.24, 2.45) is 16.8 Å². The van der Waals surface area contributed by atoms with Crippen LogP contribution in [0.3, 0.4) is 0 Å². The maximum Gasteiger partial charge on any atom is 0.193 e. The molecule has 0 spiro atoms. The fourth-order valence-corrected chi connectivity index (χ4v) is 5.19. The van der Waals surface area contributed by atoms with Crippen molar-refractivity contribution in [2.75, 3.05) is 32.9 Å². The lowest BCUT2D eigenvalue weighted by atomic mass is 9.83. The molecule has 1 saturated carbocycles. The molecule has 5 nitrogen and oxygen atoms in total. The van der Waals surface area contributed by atoms with Crippen molar-refractivity contribution >= 4 is 39.8 Å². The van der Waals surface area contributed by atoms with Crippen molar-refractivity contribution in [1.82, 2.24) is 10.2 Å². The molecule has 0 aromatic heterocycles. The van der Waals surface area contributed by atoms with E-state index in [1.165, 1.54) is 25.7 Å². The predicted molar refractivity (Wildman–Crippen MR) is 129 cm³/mol. The Morgan fingerprint density at radius 1 is 1.18 bits per heavy atom. The zero-order valence-corrected chi connectivity index (χ0v) is 20.6. The summed E-state index contributed by atoms with van der Waals surface area (Å²) in [5, 5.41) is 3.32. The topological polar surface area (TPSA) is 61.8 Å². The molecular formula is C21H36IN3O2S. The van der Waals surface area contributed by atoms with Crippen LogP contribution in [0.4, 0.5) is 0 Å². The van der Waals surface area contributed by atoms with Gasteiger partial charge in [0.05, 0.1) is 11.5 Å². The van der Waals surface area contributed by atoms with Gasteiger partial charge in [-0.2, -0.15) is 0 Å². The molecule has 2 rings (SSSR count). The predicted octanol–water partition coefficient (Wildman–Crippen LogP) is 3.94. The van der Waals surface area contributed by atoms with Gasteiger partial charge in [0.1, 0.15) is 0 Å². The van der Waals surface area contributed by atoms with E-state index < -0.39 is 9.84 Å². The second kappa shape index (κ2) is 12.7. The lowest BCUT2D eigenvalue weighted by molar-refractivity contribution is 0.250. The maximum atomic E-state index is 12.3. The lowest BCUT2D eigenvalue weighted by Gasteiger charge is -2.31. The van der Waals surface area contributed by atoms with Gasteiger partial charge in [-0.05, 0) is 36.7 Å². The Morgan fingerprint density at radius 3 is 2.43 bits per heavy atom. The zero-order chi connectivity index (χ0) is 19.7. The van der Waals surface area contributed by atoms with Crippen LogP contribution in [0.1, 0.15) is 44.6 Å². The average Bonchev–Trinajstić information content (AvgIpc) is 2.64. The summed E-state index contributed by atoms with van der Waals surface area (Å²) in [4.78, 5) is 6.53. The van der Waals surface area contributed by atoms with Gasteiger partial charge in [0.25, 0.3) is 0 Å². The van der Waals surface area contributed by atoms with E-state index in [-0.39, 0.29) is 35.5 Å². The Kier molecular flexibility index (Phi) is 11.4. The van der Waals surface area contributed by atoms with Gasteiger partial charge in [0.15, 0.2) is 15.8 Å². The molecule has 1 aliphatic rings. The van der Waals surface area contributed by atoms with E-state index in [2.05, 4.69) is 29.2 Å². The van der Waals surface area contributed by atoms with Crippen LogP contribution in [0.2, 0.25) is 0 Å². The lowest BCUT2D eigenvalue weighted by Crippen LogP contribution is -2.42. The highest BCUT2D eigenvalue weighted by Gasteiger charge is 2.20. The Labute approximate surface area is 188 Å². The van der Waals surface area contributed by atoms with Crippen LogP contribution in [0.15, 0.2) is 35.3 Å². The third-order valence-electron chi connectivity index (χ3n) is 5.39. The quantitative estimate of drug-likeness (QED) is 0.244. The maximum absolute atomic E-state index is 12.3. The second-order valence-corrected chi connectivity index (χ2v) is 10.1. The Bertz CT molecular complexity index is 687. The highest BCUT2D eigenvalue weighted by atomic mass is 127. The van der Waals surface area contributed by atoms with Crippen LogP contribution < -0.4 is 5.32 Å². The van der Waals surface area contributed by atoms with Gasteiger partial charge in [-0.25, -0.2) is 8.42 Å². The summed E-state index contributed by atoms with van der Waals surface area (Å²) in [7, 11) is 0.774. The Hall–Kier alpha value is -0.830. The van der Waals surface area contributed by atoms with E-state index in [4.69, 9.17) is 0 Å². The minimum atomic E-state index is -3.08. The van der Waals surface area contributed by atoms with Gasteiger partial charge in [-0.1, -0.05) is 50.1 Å². The van der Waals surface area contributed by atoms with Crippen molar-refractivity contribution in [1.29, 1.82) is 0 Å². The number of benzene rings is 1. The molecule has 1 aromatic carbocycles. The third kappa shape index (κ3) is 9.11. The summed E-state index contributed by atoms with van der Waals surface area (Å²) < 4.78 is 24.5. The average molecular weight is 522 g/mol. The molecule has 0 saturated heterocycles. The van der Waals surface area contributed by atoms with E-state index in [0.717, 1.165) is 29.9 Å². The minimum Gasteiger partial charge on any atom is -0.356 e. The summed E-state index contributed by atoms with van der Waals surface area (Å²) in [6.07, 6.45) is 5.82. The van der Waals surface area contributed by atoms with E-state index in [9.17, 15) is 8.42 Å². The van der Waals surface area contributed by atoms with Crippen molar-refractivity contribution in [2.45, 2.75) is 44.8 Å². The molecule has 0 heterocycles. The molecule has 1 aromatic rings. The SMILES string of the molecule is CN=C(NCCCS(=O)(=O)Cc1ccccc1)N(C)CC1CCC(C)CC1.I. The zero-order valence-electron chi connectivity index (χ0n) is 17.4. The highest BCUT2D eigenvalue weighted by molar-refractivity contribution is 14.0. The van der Waals surface area contributed by atoms with E-state index in [1.807, 2.05) is 30.3 Å². The largest absolute Gasteiger partial charge is 0.356 e. The number of halogens is 1. The van der Waals surface area contributed by atoms with Crippen LogP contribution in [-0.2, 0) is 15.6 Å². The fraction of sp³-hybridized carbons (Fsp3) is 0.667. The van der Waals surface area contributed by atoms with Crippen LogP contribution in [0, 0.1) is 11.8 Å². The molecule has 0 radical (unpaired) electrons. The summed E-state index contributed by atoms with van der Waals surface area (Å²) >= 11 is 0. The number of aliphatic imine (C=N–C) groups is 1. The minimum absolute atomic E-state index is 0. The number of nitrogens with one attached hydrogen (secondary N) is 1. The van der Waals surface area contributed by atoms with Gasteiger partial charge >= 0.3 is 0 Å². The Morgan fingerprint density at radius 2 is 1.82 bits per heavy atom. The van der Waals surface area contributed by atoms with Crippen molar-refractivity contribution in [3.8, 4) is 0 Å². The molecule has 0 atom stereocenters. The van der Waals surface area contributed by atoms with Crippen molar-refractivity contribution in [3.63, 3.8) is 0 Å². The Balaban J connectivity index is 0.00000392. The van der Waals surface area contributed by atoms with Crippen LogP contribution in [-0.4, -0.2) is 52.2 Å². The first-order valence-corrected chi connectivity index (χ1v) is 11.9. The number of sulfone groups is 1. The summed E-state index contributed by atoms with van der Waals surface area (Å²) in [6.45, 7) is 3.97. The van der Waals surface area contributed by atoms with E-state index in [0.29, 0.717) is 13.0 Å².